The number of nitrogens with zero attached hydrogens (tertiary/aromatic N) is 2. The molecule has 3 fully saturated rings. The van der Waals surface area contributed by atoms with Gasteiger partial charge in [-0.05, 0) is 31.6 Å². The zero-order valence-corrected chi connectivity index (χ0v) is 12.6. The van der Waals surface area contributed by atoms with Crippen LogP contribution in [0.3, 0.4) is 0 Å². The molecule has 0 aromatic heterocycles. The van der Waals surface area contributed by atoms with Crippen molar-refractivity contribution in [2.24, 2.45) is 11.7 Å². The summed E-state index contributed by atoms with van der Waals surface area (Å²) in [4.78, 5) is 5.50. The third-order valence-corrected chi connectivity index (χ3v) is 6.30. The van der Waals surface area contributed by atoms with Crippen molar-refractivity contribution in [3.63, 3.8) is 0 Å². The Bertz CT molecular complexity index is 292. The van der Waals surface area contributed by atoms with E-state index in [9.17, 15) is 0 Å². The van der Waals surface area contributed by atoms with Crippen LogP contribution in [0.4, 0.5) is 0 Å². The third kappa shape index (κ3) is 2.45. The molecule has 0 aromatic carbocycles. The van der Waals surface area contributed by atoms with Gasteiger partial charge in [-0.3, -0.25) is 9.80 Å². The number of hydrogen-bond donors (Lipinski definition) is 1. The highest BCUT2D eigenvalue weighted by atomic mass is 15.3. The molecule has 1 saturated heterocycles. The molecule has 0 bridgehead atoms. The first kappa shape index (κ1) is 13.8. The number of rotatable bonds is 3. The number of hydrogen-bond acceptors (Lipinski definition) is 3. The molecule has 3 heteroatoms. The average molecular weight is 265 g/mol. The summed E-state index contributed by atoms with van der Waals surface area (Å²) < 4.78 is 0. The van der Waals surface area contributed by atoms with Gasteiger partial charge in [0.25, 0.3) is 0 Å². The van der Waals surface area contributed by atoms with E-state index in [-0.39, 0.29) is 0 Å². The zero-order chi connectivity index (χ0) is 13.3. The molecule has 110 valence electrons. The lowest BCUT2D eigenvalue weighted by molar-refractivity contribution is 0.00480. The van der Waals surface area contributed by atoms with Gasteiger partial charge in [-0.1, -0.05) is 26.2 Å². The van der Waals surface area contributed by atoms with Crippen molar-refractivity contribution in [3.8, 4) is 0 Å². The molecule has 0 radical (unpaired) electrons. The van der Waals surface area contributed by atoms with Crippen molar-refractivity contribution in [2.45, 2.75) is 63.5 Å². The van der Waals surface area contributed by atoms with Gasteiger partial charge in [-0.15, -0.1) is 0 Å². The molecule has 0 aromatic rings. The van der Waals surface area contributed by atoms with Crippen LogP contribution in [0, 0.1) is 5.92 Å². The number of piperazine rings is 1. The molecule has 2 saturated carbocycles. The Morgan fingerprint density at radius 1 is 1.00 bits per heavy atom. The van der Waals surface area contributed by atoms with Gasteiger partial charge < -0.3 is 5.73 Å². The third-order valence-electron chi connectivity index (χ3n) is 6.30. The predicted octanol–water partition coefficient (Wildman–Crippen LogP) is 2.06. The minimum absolute atomic E-state index is 0.335. The normalized spacial score (nSPS) is 39.2. The standard InChI is InChI=1S/C16H31N3/c1-14-5-4-8-16(14,13-17)19-11-9-18(10-12-19)15-6-2-3-7-15/h14-15H,2-13,17H2,1H3. The van der Waals surface area contributed by atoms with E-state index in [1.165, 1.54) is 71.1 Å². The maximum Gasteiger partial charge on any atom is 0.0358 e. The van der Waals surface area contributed by atoms with Gasteiger partial charge >= 0.3 is 0 Å². The van der Waals surface area contributed by atoms with E-state index in [0.717, 1.165) is 18.5 Å². The van der Waals surface area contributed by atoms with E-state index in [4.69, 9.17) is 5.73 Å². The number of nitrogens with two attached hydrogens (primary N) is 1. The summed E-state index contributed by atoms with van der Waals surface area (Å²) in [6.07, 6.45) is 9.87. The molecule has 2 unspecified atom stereocenters. The molecule has 0 spiro atoms. The first-order valence-electron chi connectivity index (χ1n) is 8.45. The van der Waals surface area contributed by atoms with Gasteiger partial charge in [0.15, 0.2) is 0 Å². The molecule has 3 rings (SSSR count). The molecule has 1 aliphatic heterocycles. The van der Waals surface area contributed by atoms with E-state index in [1.54, 1.807) is 0 Å². The molecular formula is C16H31N3. The highest BCUT2D eigenvalue weighted by molar-refractivity contribution is 5.01. The van der Waals surface area contributed by atoms with E-state index in [1.807, 2.05) is 0 Å². The van der Waals surface area contributed by atoms with Crippen molar-refractivity contribution in [1.82, 2.24) is 9.80 Å². The summed E-state index contributed by atoms with van der Waals surface area (Å²) in [5, 5.41) is 0. The summed E-state index contributed by atoms with van der Waals surface area (Å²) in [5.41, 5.74) is 6.53. The Hall–Kier alpha value is -0.120. The molecular weight excluding hydrogens is 234 g/mol. The lowest BCUT2D eigenvalue weighted by Gasteiger charge is -2.49. The van der Waals surface area contributed by atoms with Gasteiger partial charge in [0.1, 0.15) is 0 Å². The van der Waals surface area contributed by atoms with Crippen LogP contribution in [0.5, 0.6) is 0 Å². The monoisotopic (exact) mass is 265 g/mol. The minimum Gasteiger partial charge on any atom is -0.329 e. The Kier molecular flexibility index (Phi) is 4.16. The topological polar surface area (TPSA) is 32.5 Å². The van der Waals surface area contributed by atoms with E-state index < -0.39 is 0 Å². The second-order valence-electron chi connectivity index (χ2n) is 7.06. The van der Waals surface area contributed by atoms with Crippen LogP contribution in [0.15, 0.2) is 0 Å². The van der Waals surface area contributed by atoms with E-state index in [0.29, 0.717) is 5.54 Å². The van der Waals surface area contributed by atoms with Crippen LogP contribution in [-0.2, 0) is 0 Å². The fourth-order valence-electron chi connectivity index (χ4n) is 4.93. The first-order chi connectivity index (χ1) is 9.26. The van der Waals surface area contributed by atoms with Gasteiger partial charge in [-0.2, -0.15) is 0 Å². The highest BCUT2D eigenvalue weighted by Crippen LogP contribution is 2.40. The molecule has 0 amide bonds. The summed E-state index contributed by atoms with van der Waals surface area (Å²) >= 11 is 0. The molecule has 1 heterocycles. The lowest BCUT2D eigenvalue weighted by Crippen LogP contribution is -2.62. The molecule has 2 atom stereocenters. The molecule has 3 aliphatic rings. The highest BCUT2D eigenvalue weighted by Gasteiger charge is 2.45. The van der Waals surface area contributed by atoms with Crippen LogP contribution in [-0.4, -0.2) is 54.1 Å². The second kappa shape index (κ2) is 5.71. The zero-order valence-electron chi connectivity index (χ0n) is 12.6. The summed E-state index contributed by atoms with van der Waals surface area (Å²) in [6.45, 7) is 8.33. The van der Waals surface area contributed by atoms with Crippen LogP contribution in [0.25, 0.3) is 0 Å². The SMILES string of the molecule is CC1CCCC1(CN)N1CCN(C2CCCC2)CC1. The van der Waals surface area contributed by atoms with E-state index in [2.05, 4.69) is 16.7 Å². The fraction of sp³-hybridized carbons (Fsp3) is 1.00. The first-order valence-corrected chi connectivity index (χ1v) is 8.45. The fourth-order valence-corrected chi connectivity index (χ4v) is 4.93. The Morgan fingerprint density at radius 2 is 1.68 bits per heavy atom. The van der Waals surface area contributed by atoms with Crippen molar-refractivity contribution in [2.75, 3.05) is 32.7 Å². The van der Waals surface area contributed by atoms with Crippen molar-refractivity contribution in [1.29, 1.82) is 0 Å². The smallest absolute Gasteiger partial charge is 0.0358 e. The summed E-state index contributed by atoms with van der Waals surface area (Å²) in [7, 11) is 0. The van der Waals surface area contributed by atoms with Gasteiger partial charge in [0.05, 0.1) is 0 Å². The quantitative estimate of drug-likeness (QED) is 0.848. The minimum atomic E-state index is 0.335. The summed E-state index contributed by atoms with van der Waals surface area (Å²) in [5.74, 6) is 0.788. The largest absolute Gasteiger partial charge is 0.329 e. The summed E-state index contributed by atoms with van der Waals surface area (Å²) in [6, 6.07) is 0.900. The molecule has 3 nitrogen and oxygen atoms in total. The maximum absolute atomic E-state index is 6.19. The van der Waals surface area contributed by atoms with Crippen molar-refractivity contribution < 1.29 is 0 Å². The van der Waals surface area contributed by atoms with Gasteiger partial charge in [-0.25, -0.2) is 0 Å². The van der Waals surface area contributed by atoms with Gasteiger partial charge in [0, 0.05) is 44.3 Å². The van der Waals surface area contributed by atoms with Crippen LogP contribution in [0.2, 0.25) is 0 Å². The average Bonchev–Trinajstić information content (AvgIpc) is 3.09. The van der Waals surface area contributed by atoms with E-state index >= 15 is 0 Å². The Morgan fingerprint density at radius 3 is 2.21 bits per heavy atom. The van der Waals surface area contributed by atoms with Gasteiger partial charge in [0.2, 0.25) is 0 Å². The molecule has 19 heavy (non-hydrogen) atoms. The van der Waals surface area contributed by atoms with Crippen molar-refractivity contribution >= 4 is 0 Å². The Balaban J connectivity index is 1.59. The molecule has 2 aliphatic carbocycles. The molecule has 2 N–H and O–H groups in total. The lowest BCUT2D eigenvalue weighted by atomic mass is 9.85. The predicted molar refractivity (Wildman–Crippen MR) is 80.2 cm³/mol. The van der Waals surface area contributed by atoms with Crippen LogP contribution >= 0.6 is 0 Å². The van der Waals surface area contributed by atoms with Crippen molar-refractivity contribution in [3.05, 3.63) is 0 Å². The maximum atomic E-state index is 6.19. The Labute approximate surface area is 118 Å². The second-order valence-corrected chi connectivity index (χ2v) is 7.06. The van der Waals surface area contributed by atoms with Crippen LogP contribution in [0.1, 0.15) is 51.9 Å². The van der Waals surface area contributed by atoms with Crippen LogP contribution < -0.4 is 5.73 Å².